The Morgan fingerprint density at radius 2 is 1.26 bits per heavy atom. The van der Waals surface area contributed by atoms with Crippen LogP contribution in [-0.2, 0) is 9.59 Å². The first-order valence-electron chi connectivity index (χ1n) is 13.2. The summed E-state index contributed by atoms with van der Waals surface area (Å²) in [6.45, 7) is 2.23. The van der Waals surface area contributed by atoms with E-state index in [9.17, 15) is 27.2 Å². The lowest BCUT2D eigenvalue weighted by molar-refractivity contribution is -0.144. The van der Waals surface area contributed by atoms with Gasteiger partial charge in [0.2, 0.25) is 23.3 Å². The van der Waals surface area contributed by atoms with Gasteiger partial charge in [-0.1, -0.05) is 84.0 Å². The Bertz CT molecular complexity index is 786. The highest BCUT2D eigenvalue weighted by molar-refractivity contribution is 5.79. The fourth-order valence-electron chi connectivity index (χ4n) is 4.36. The van der Waals surface area contributed by atoms with Crippen molar-refractivity contribution in [3.63, 3.8) is 0 Å². The number of nitrogens with one attached hydrogen (secondary N) is 1. The van der Waals surface area contributed by atoms with Crippen molar-refractivity contribution in [2.75, 3.05) is 0 Å². The molecule has 4 nitrogen and oxygen atoms in total. The van der Waals surface area contributed by atoms with Crippen LogP contribution in [0.15, 0.2) is 6.07 Å². The monoisotopic (exact) mass is 501 g/mol. The van der Waals surface area contributed by atoms with Gasteiger partial charge in [-0.05, 0) is 19.3 Å². The normalized spacial score (nSPS) is 17.2. The van der Waals surface area contributed by atoms with Gasteiger partial charge in [-0.25, -0.2) is 8.78 Å². The fraction of sp³-hybridized carbons (Fsp3) is 0.704. The molecule has 198 valence electrons. The van der Waals surface area contributed by atoms with Crippen molar-refractivity contribution in [2.45, 2.75) is 116 Å². The van der Waals surface area contributed by atoms with Crippen molar-refractivity contribution >= 4 is 11.9 Å². The SMILES string of the molecule is CCCCCCCCCCCCCCCC(=O)NC1CC(C(=O)Oc2c(F)c(F)cc(F)c2F)C1. The Labute approximate surface area is 206 Å². The molecule has 0 saturated heterocycles. The topological polar surface area (TPSA) is 55.4 Å². The van der Waals surface area contributed by atoms with Crippen molar-refractivity contribution in [3.05, 3.63) is 29.3 Å². The Hall–Kier alpha value is -2.12. The van der Waals surface area contributed by atoms with E-state index in [4.69, 9.17) is 0 Å². The van der Waals surface area contributed by atoms with Crippen molar-refractivity contribution in [1.82, 2.24) is 5.32 Å². The Kier molecular flexibility index (Phi) is 13.1. The summed E-state index contributed by atoms with van der Waals surface area (Å²) in [6.07, 6.45) is 16.9. The minimum atomic E-state index is -1.75. The predicted molar refractivity (Wildman–Crippen MR) is 127 cm³/mol. The maximum absolute atomic E-state index is 13.6. The molecule has 1 fully saturated rings. The molecule has 0 atom stereocenters. The van der Waals surface area contributed by atoms with E-state index in [1.807, 2.05) is 0 Å². The summed E-state index contributed by atoms with van der Waals surface area (Å²) in [5.41, 5.74) is 0. The summed E-state index contributed by atoms with van der Waals surface area (Å²) >= 11 is 0. The highest BCUT2D eigenvalue weighted by atomic mass is 19.2. The van der Waals surface area contributed by atoms with Crippen molar-refractivity contribution in [1.29, 1.82) is 0 Å². The zero-order valence-electron chi connectivity index (χ0n) is 20.8. The molecule has 0 unspecified atom stereocenters. The number of carbonyl (C=O) groups is 2. The molecule has 1 N–H and O–H groups in total. The number of rotatable bonds is 17. The van der Waals surface area contributed by atoms with E-state index >= 15 is 0 Å². The molecular weight excluding hydrogens is 462 g/mol. The van der Waals surface area contributed by atoms with Crippen LogP contribution in [-0.4, -0.2) is 17.9 Å². The number of unbranched alkanes of at least 4 members (excludes halogenated alkanes) is 12. The third-order valence-corrected chi connectivity index (χ3v) is 6.62. The number of halogens is 4. The van der Waals surface area contributed by atoms with Gasteiger partial charge >= 0.3 is 5.97 Å². The summed E-state index contributed by atoms with van der Waals surface area (Å²) in [4.78, 5) is 24.1. The maximum Gasteiger partial charge on any atom is 0.314 e. The summed E-state index contributed by atoms with van der Waals surface area (Å²) in [5.74, 6) is -9.91. The van der Waals surface area contributed by atoms with Gasteiger partial charge in [-0.15, -0.1) is 0 Å². The van der Waals surface area contributed by atoms with Crippen LogP contribution in [0.1, 0.15) is 110 Å². The molecule has 1 aromatic carbocycles. The summed E-state index contributed by atoms with van der Waals surface area (Å²) in [7, 11) is 0. The first-order valence-corrected chi connectivity index (χ1v) is 13.2. The fourth-order valence-corrected chi connectivity index (χ4v) is 4.36. The van der Waals surface area contributed by atoms with E-state index in [1.54, 1.807) is 0 Å². The van der Waals surface area contributed by atoms with E-state index < -0.39 is 40.9 Å². The average molecular weight is 502 g/mol. The van der Waals surface area contributed by atoms with Gasteiger partial charge in [0.05, 0.1) is 5.92 Å². The van der Waals surface area contributed by atoms with Crippen LogP contribution in [0.3, 0.4) is 0 Å². The molecular formula is C27H39F4NO3. The molecule has 1 amide bonds. The van der Waals surface area contributed by atoms with Gasteiger partial charge in [0, 0.05) is 18.5 Å². The minimum Gasteiger partial charge on any atom is -0.420 e. The molecule has 35 heavy (non-hydrogen) atoms. The Morgan fingerprint density at radius 3 is 1.74 bits per heavy atom. The number of amides is 1. The van der Waals surface area contributed by atoms with Crippen LogP contribution < -0.4 is 10.1 Å². The first kappa shape index (κ1) is 29.1. The van der Waals surface area contributed by atoms with Crippen LogP contribution in [0, 0.1) is 29.2 Å². The smallest absolute Gasteiger partial charge is 0.314 e. The van der Waals surface area contributed by atoms with Crippen LogP contribution in [0.5, 0.6) is 5.75 Å². The van der Waals surface area contributed by atoms with E-state index in [0.717, 1.165) is 19.3 Å². The van der Waals surface area contributed by atoms with Gasteiger partial charge < -0.3 is 10.1 Å². The lowest BCUT2D eigenvalue weighted by atomic mass is 9.80. The molecule has 1 saturated carbocycles. The molecule has 0 aliphatic heterocycles. The molecule has 0 radical (unpaired) electrons. The number of ether oxygens (including phenoxy) is 1. The predicted octanol–water partition coefficient (Wildman–Crippen LogP) is 7.52. The van der Waals surface area contributed by atoms with Crippen LogP contribution in [0.2, 0.25) is 0 Å². The number of hydrogen-bond donors (Lipinski definition) is 1. The number of esters is 1. The standard InChI is InChI=1S/C27H39F4NO3/c1-2-3-4-5-6-7-8-9-10-11-12-13-14-15-23(33)32-20-16-19(17-20)27(34)35-26-24(30)21(28)18-22(29)25(26)31/h18-20H,2-17H2,1H3,(H,32,33). The molecule has 0 aromatic heterocycles. The highest BCUT2D eigenvalue weighted by Gasteiger charge is 2.37. The third-order valence-electron chi connectivity index (χ3n) is 6.62. The van der Waals surface area contributed by atoms with Crippen molar-refractivity contribution in [3.8, 4) is 5.75 Å². The quantitative estimate of drug-likeness (QED) is 0.0789. The average Bonchev–Trinajstić information content (AvgIpc) is 2.80. The summed E-state index contributed by atoms with van der Waals surface area (Å²) in [6, 6.07) is -0.172. The van der Waals surface area contributed by atoms with Crippen LogP contribution in [0.4, 0.5) is 17.6 Å². The molecule has 0 bridgehead atoms. The largest absolute Gasteiger partial charge is 0.420 e. The third kappa shape index (κ3) is 10.2. The first-order chi connectivity index (χ1) is 16.8. The Morgan fingerprint density at radius 1 is 0.800 bits per heavy atom. The highest BCUT2D eigenvalue weighted by Crippen LogP contribution is 2.32. The van der Waals surface area contributed by atoms with Gasteiger partial charge in [0.1, 0.15) is 0 Å². The molecule has 2 rings (SSSR count). The molecule has 0 heterocycles. The van der Waals surface area contributed by atoms with E-state index in [1.165, 1.54) is 64.2 Å². The molecule has 1 aliphatic carbocycles. The number of hydrogen-bond acceptors (Lipinski definition) is 3. The minimum absolute atomic E-state index is 0.0498. The van der Waals surface area contributed by atoms with Gasteiger partial charge in [0.15, 0.2) is 11.6 Å². The zero-order valence-corrected chi connectivity index (χ0v) is 20.8. The summed E-state index contributed by atoms with van der Waals surface area (Å²) in [5, 5.41) is 2.83. The second kappa shape index (κ2) is 15.8. The maximum atomic E-state index is 13.6. The van der Waals surface area contributed by atoms with Gasteiger partial charge in [0.25, 0.3) is 0 Å². The van der Waals surface area contributed by atoms with Crippen LogP contribution >= 0.6 is 0 Å². The zero-order chi connectivity index (χ0) is 25.6. The number of carbonyl (C=O) groups excluding carboxylic acids is 2. The molecule has 1 aliphatic rings. The molecule has 1 aromatic rings. The van der Waals surface area contributed by atoms with E-state index in [0.29, 0.717) is 6.42 Å². The van der Waals surface area contributed by atoms with Gasteiger partial charge in [-0.2, -0.15) is 8.78 Å². The van der Waals surface area contributed by atoms with E-state index in [2.05, 4.69) is 17.0 Å². The lowest BCUT2D eigenvalue weighted by Gasteiger charge is -2.34. The second-order valence-corrected chi connectivity index (χ2v) is 9.64. The van der Waals surface area contributed by atoms with Gasteiger partial charge in [-0.3, -0.25) is 9.59 Å². The van der Waals surface area contributed by atoms with Crippen molar-refractivity contribution < 1.29 is 31.9 Å². The van der Waals surface area contributed by atoms with E-state index in [-0.39, 0.29) is 30.9 Å². The molecule has 8 heteroatoms. The summed E-state index contributed by atoms with van der Waals surface area (Å²) < 4.78 is 58.3. The lowest BCUT2D eigenvalue weighted by Crippen LogP contribution is -2.47. The van der Waals surface area contributed by atoms with Crippen molar-refractivity contribution in [2.24, 2.45) is 5.92 Å². The van der Waals surface area contributed by atoms with Crippen LogP contribution in [0.25, 0.3) is 0 Å². The Balaban J connectivity index is 1.49. The number of benzene rings is 1. The second-order valence-electron chi connectivity index (χ2n) is 9.64. The molecule has 0 spiro atoms.